The molecule has 1 amide bonds. The summed E-state index contributed by atoms with van der Waals surface area (Å²) >= 11 is 1.47. The Hall–Kier alpha value is -3.35. The van der Waals surface area contributed by atoms with E-state index < -0.39 is 29.6 Å². The van der Waals surface area contributed by atoms with Gasteiger partial charge >= 0.3 is 6.18 Å². The number of aliphatic hydroxyl groups excluding tert-OH is 1. The fourth-order valence-electron chi connectivity index (χ4n) is 3.64. The van der Waals surface area contributed by atoms with Gasteiger partial charge in [0.25, 0.3) is 5.91 Å². The van der Waals surface area contributed by atoms with Gasteiger partial charge in [0.1, 0.15) is 11.4 Å². The number of hydrogen-bond donors (Lipinski definition) is 4. The molecule has 1 aliphatic rings. The molecule has 3 heterocycles. The molecule has 1 aliphatic heterocycles. The molecule has 1 fully saturated rings. The highest BCUT2D eigenvalue weighted by molar-refractivity contribution is 7.97. The minimum atomic E-state index is -4.45. The van der Waals surface area contributed by atoms with Gasteiger partial charge in [-0.05, 0) is 54.3 Å². The number of aliphatic hydroxyl groups is 1. The van der Waals surface area contributed by atoms with Gasteiger partial charge in [0, 0.05) is 35.9 Å². The van der Waals surface area contributed by atoms with E-state index in [1.165, 1.54) is 30.3 Å². The number of nitrogens with zero attached hydrogens (tertiary/aromatic N) is 3. The molecule has 0 radical (unpaired) electrons. The number of nitrogens with two attached hydrogens (primary N) is 1. The average Bonchev–Trinajstić information content (AvgIpc) is 2.81. The Morgan fingerprint density at radius 2 is 1.86 bits per heavy atom. The maximum atomic E-state index is 12.7. The zero-order valence-corrected chi connectivity index (χ0v) is 19.1. The third-order valence-electron chi connectivity index (χ3n) is 5.52. The van der Waals surface area contributed by atoms with Crippen LogP contribution in [0.25, 0.3) is 11.1 Å². The van der Waals surface area contributed by atoms with Crippen molar-refractivity contribution < 1.29 is 28.2 Å². The Morgan fingerprint density at radius 1 is 1.11 bits per heavy atom. The molecule has 3 aromatic rings. The number of anilines is 1. The Bertz CT molecular complexity index is 1190. The lowest BCUT2D eigenvalue weighted by Gasteiger charge is -2.35. The van der Waals surface area contributed by atoms with Gasteiger partial charge in [0.2, 0.25) is 5.88 Å². The van der Waals surface area contributed by atoms with E-state index in [9.17, 15) is 28.2 Å². The van der Waals surface area contributed by atoms with E-state index in [-0.39, 0.29) is 17.4 Å². The van der Waals surface area contributed by atoms with Crippen molar-refractivity contribution in [3.05, 3.63) is 66.0 Å². The summed E-state index contributed by atoms with van der Waals surface area (Å²) in [6.45, 7) is 1.00. The first-order valence-electron chi connectivity index (χ1n) is 10.6. The monoisotopic (exact) mass is 505 g/mol. The molecule has 2 atom stereocenters. The van der Waals surface area contributed by atoms with E-state index in [1.807, 2.05) is 28.6 Å². The maximum absolute atomic E-state index is 12.7. The first kappa shape index (κ1) is 24.8. The van der Waals surface area contributed by atoms with Gasteiger partial charge in [-0.15, -0.1) is 0 Å². The number of benzene rings is 1. The third kappa shape index (κ3) is 6.02. The summed E-state index contributed by atoms with van der Waals surface area (Å²) in [7, 11) is 0. The molecule has 35 heavy (non-hydrogen) atoms. The van der Waals surface area contributed by atoms with Gasteiger partial charge in [-0.2, -0.15) is 13.2 Å². The Kier molecular flexibility index (Phi) is 7.15. The van der Waals surface area contributed by atoms with E-state index in [0.29, 0.717) is 25.1 Å². The van der Waals surface area contributed by atoms with Crippen LogP contribution in [0.3, 0.4) is 0 Å². The number of nitrogens with one attached hydrogen (secondary N) is 1. The molecular weight excluding hydrogens is 483 g/mol. The molecule has 1 aromatic carbocycles. The SMILES string of the molecule is NC(=O)c1cc(-c2ccc(SN3CCC(Nc4ccc(C(F)(F)F)cn4)C(O)C3)cc2)cnc1O. The molecular formula is C23H22F3N5O3S. The molecule has 5 N–H and O–H groups in total. The number of pyridine rings is 2. The number of piperidine rings is 1. The molecule has 4 rings (SSSR count). The number of rotatable bonds is 6. The van der Waals surface area contributed by atoms with Crippen molar-refractivity contribution in [2.45, 2.75) is 29.6 Å². The number of carbonyl (C=O) groups excluding carboxylic acids is 1. The normalized spacial score (nSPS) is 18.9. The van der Waals surface area contributed by atoms with Crippen LogP contribution in [0.15, 0.2) is 59.8 Å². The number of halogens is 3. The van der Waals surface area contributed by atoms with Crippen LogP contribution < -0.4 is 11.1 Å². The molecule has 2 unspecified atom stereocenters. The summed E-state index contributed by atoms with van der Waals surface area (Å²) in [4.78, 5) is 20.0. The van der Waals surface area contributed by atoms with Gasteiger partial charge in [-0.1, -0.05) is 12.1 Å². The van der Waals surface area contributed by atoms with Crippen LogP contribution in [0.2, 0.25) is 0 Å². The maximum Gasteiger partial charge on any atom is 0.417 e. The number of β-amino-alcohol motifs (C(OH)–C–C–N with tert-alkyl or cyclic N) is 1. The van der Waals surface area contributed by atoms with E-state index in [0.717, 1.165) is 22.7 Å². The third-order valence-corrected chi connectivity index (χ3v) is 6.60. The van der Waals surface area contributed by atoms with Crippen LogP contribution in [-0.2, 0) is 6.18 Å². The molecule has 1 saturated heterocycles. The zero-order valence-electron chi connectivity index (χ0n) is 18.2. The summed E-state index contributed by atoms with van der Waals surface area (Å²) in [5.74, 6) is -0.907. The largest absolute Gasteiger partial charge is 0.493 e. The number of amides is 1. The number of aromatic hydroxyl groups is 1. The highest BCUT2D eigenvalue weighted by Gasteiger charge is 2.31. The average molecular weight is 506 g/mol. The van der Waals surface area contributed by atoms with E-state index >= 15 is 0 Å². The molecule has 0 spiro atoms. The van der Waals surface area contributed by atoms with E-state index in [4.69, 9.17) is 5.73 Å². The number of alkyl halides is 3. The summed E-state index contributed by atoms with van der Waals surface area (Å²) in [6.07, 6.45) is -2.39. The molecule has 184 valence electrons. The standard InChI is InChI=1S/C23H22F3N5O3S/c24-23(25,26)15-3-6-20(28-11-15)30-18-7-8-31(12-19(18)32)35-16-4-1-13(2-5-16)14-9-17(21(27)33)22(34)29-10-14/h1-6,9-11,18-19,32H,7-8,12H2,(H2,27,33)(H,28,30)(H,29,34). The number of hydrogen-bond acceptors (Lipinski definition) is 8. The lowest BCUT2D eigenvalue weighted by atomic mass is 10.0. The van der Waals surface area contributed by atoms with Crippen molar-refractivity contribution in [1.82, 2.24) is 14.3 Å². The van der Waals surface area contributed by atoms with Gasteiger partial charge < -0.3 is 21.3 Å². The van der Waals surface area contributed by atoms with Crippen molar-refractivity contribution in [3.63, 3.8) is 0 Å². The Balaban J connectivity index is 1.33. The quantitative estimate of drug-likeness (QED) is 0.375. The lowest BCUT2D eigenvalue weighted by molar-refractivity contribution is -0.137. The minimum absolute atomic E-state index is 0.0575. The molecule has 0 aliphatic carbocycles. The minimum Gasteiger partial charge on any atom is -0.493 e. The predicted octanol–water partition coefficient (Wildman–Crippen LogP) is 3.52. The highest BCUT2D eigenvalue weighted by Crippen LogP contribution is 2.31. The predicted molar refractivity (Wildman–Crippen MR) is 125 cm³/mol. The fourth-order valence-corrected chi connectivity index (χ4v) is 4.62. The van der Waals surface area contributed by atoms with Crippen LogP contribution >= 0.6 is 11.9 Å². The summed E-state index contributed by atoms with van der Waals surface area (Å²) in [6, 6.07) is 10.8. The lowest BCUT2D eigenvalue weighted by Crippen LogP contribution is -2.47. The smallest absolute Gasteiger partial charge is 0.417 e. The van der Waals surface area contributed by atoms with Crippen LogP contribution in [0.4, 0.5) is 19.0 Å². The van der Waals surface area contributed by atoms with Crippen LogP contribution in [-0.4, -0.2) is 55.6 Å². The molecule has 2 aromatic heterocycles. The van der Waals surface area contributed by atoms with Gasteiger partial charge in [0.05, 0.1) is 17.7 Å². The Labute approximate surface area is 203 Å². The molecule has 8 nitrogen and oxygen atoms in total. The molecule has 12 heteroatoms. The second-order valence-corrected chi connectivity index (χ2v) is 9.17. The number of primary amides is 1. The van der Waals surface area contributed by atoms with Crippen LogP contribution in [0.1, 0.15) is 22.3 Å². The number of aromatic nitrogens is 2. The van der Waals surface area contributed by atoms with Crippen LogP contribution in [0, 0.1) is 0 Å². The zero-order chi connectivity index (χ0) is 25.2. The fraction of sp³-hybridized carbons (Fsp3) is 0.261. The summed E-state index contributed by atoms with van der Waals surface area (Å²) in [5.41, 5.74) is 5.80. The summed E-state index contributed by atoms with van der Waals surface area (Å²) in [5, 5.41) is 23.2. The van der Waals surface area contributed by atoms with Crippen molar-refractivity contribution >= 4 is 23.7 Å². The second-order valence-electron chi connectivity index (χ2n) is 8.00. The van der Waals surface area contributed by atoms with Crippen molar-refractivity contribution in [2.24, 2.45) is 5.73 Å². The van der Waals surface area contributed by atoms with Gasteiger partial charge in [0.15, 0.2) is 0 Å². The first-order valence-corrected chi connectivity index (χ1v) is 11.4. The van der Waals surface area contributed by atoms with Crippen molar-refractivity contribution in [1.29, 1.82) is 0 Å². The van der Waals surface area contributed by atoms with Crippen LogP contribution in [0.5, 0.6) is 5.88 Å². The highest BCUT2D eigenvalue weighted by atomic mass is 32.2. The Morgan fingerprint density at radius 3 is 2.46 bits per heavy atom. The number of carbonyl (C=O) groups is 1. The topological polar surface area (TPSA) is 125 Å². The van der Waals surface area contributed by atoms with Crippen molar-refractivity contribution in [2.75, 3.05) is 18.4 Å². The van der Waals surface area contributed by atoms with Crippen molar-refractivity contribution in [3.8, 4) is 17.0 Å². The first-order chi connectivity index (χ1) is 16.6. The van der Waals surface area contributed by atoms with E-state index in [2.05, 4.69) is 15.3 Å². The van der Waals surface area contributed by atoms with Gasteiger partial charge in [-0.25, -0.2) is 14.3 Å². The van der Waals surface area contributed by atoms with E-state index in [1.54, 1.807) is 0 Å². The molecule has 0 bridgehead atoms. The summed E-state index contributed by atoms with van der Waals surface area (Å²) < 4.78 is 40.1. The second kappa shape index (κ2) is 10.1. The molecule has 0 saturated carbocycles. The van der Waals surface area contributed by atoms with Gasteiger partial charge in [-0.3, -0.25) is 4.79 Å².